The fourth-order valence-electron chi connectivity index (χ4n) is 2.05. The van der Waals surface area contributed by atoms with E-state index in [4.69, 9.17) is 20.8 Å². The van der Waals surface area contributed by atoms with Crippen LogP contribution in [0.3, 0.4) is 0 Å². The number of halogens is 1. The van der Waals surface area contributed by atoms with Crippen LogP contribution in [-0.4, -0.2) is 5.91 Å². The van der Waals surface area contributed by atoms with Gasteiger partial charge in [0.2, 0.25) is 0 Å². The number of carbonyl (C=O) groups excluding carboxylic acids is 1. The van der Waals surface area contributed by atoms with Gasteiger partial charge in [0.05, 0.1) is 12.0 Å². The molecule has 23 heavy (non-hydrogen) atoms. The van der Waals surface area contributed by atoms with E-state index < -0.39 is 0 Å². The molecule has 0 saturated heterocycles. The van der Waals surface area contributed by atoms with Crippen molar-refractivity contribution in [3.05, 3.63) is 83.3 Å². The second-order valence-corrected chi connectivity index (χ2v) is 5.28. The molecule has 0 unspecified atom stereocenters. The number of hydrogen-bond donors (Lipinski definition) is 1. The van der Waals surface area contributed by atoms with Gasteiger partial charge in [0.1, 0.15) is 12.4 Å². The number of nitrogens with one attached hydrogen (secondary N) is 1. The molecule has 3 aromatic rings. The molecule has 0 aliphatic rings. The molecule has 0 radical (unpaired) electrons. The molecule has 0 spiro atoms. The van der Waals surface area contributed by atoms with Gasteiger partial charge in [-0.1, -0.05) is 41.9 Å². The molecule has 2 aromatic carbocycles. The van der Waals surface area contributed by atoms with Crippen molar-refractivity contribution in [2.75, 3.05) is 5.32 Å². The molecular formula is C18H14ClNO3. The number of furan rings is 1. The van der Waals surface area contributed by atoms with Gasteiger partial charge in [-0.2, -0.15) is 0 Å². The molecule has 5 heteroatoms. The maximum atomic E-state index is 12.1. The molecule has 0 saturated carbocycles. The summed E-state index contributed by atoms with van der Waals surface area (Å²) in [5.41, 5.74) is 1.53. The number of benzene rings is 2. The predicted molar refractivity (Wildman–Crippen MR) is 88.9 cm³/mol. The molecule has 4 nitrogen and oxygen atoms in total. The highest BCUT2D eigenvalue weighted by Crippen LogP contribution is 2.29. The molecule has 0 fully saturated rings. The summed E-state index contributed by atoms with van der Waals surface area (Å²) in [5.74, 6) is 0.402. The number of rotatable bonds is 5. The van der Waals surface area contributed by atoms with Gasteiger partial charge < -0.3 is 14.5 Å². The van der Waals surface area contributed by atoms with Crippen LogP contribution in [0.4, 0.5) is 5.69 Å². The van der Waals surface area contributed by atoms with Gasteiger partial charge in [0.15, 0.2) is 5.76 Å². The van der Waals surface area contributed by atoms with Gasteiger partial charge in [0, 0.05) is 5.02 Å². The Morgan fingerprint density at radius 3 is 2.65 bits per heavy atom. The van der Waals surface area contributed by atoms with E-state index in [2.05, 4.69) is 5.32 Å². The van der Waals surface area contributed by atoms with Crippen molar-refractivity contribution < 1.29 is 13.9 Å². The summed E-state index contributed by atoms with van der Waals surface area (Å²) in [5, 5.41) is 3.25. The second-order valence-electron chi connectivity index (χ2n) is 4.85. The quantitative estimate of drug-likeness (QED) is 0.734. The van der Waals surface area contributed by atoms with Gasteiger partial charge in [0.25, 0.3) is 5.91 Å². The van der Waals surface area contributed by atoms with Crippen LogP contribution in [0.15, 0.2) is 71.3 Å². The third kappa shape index (κ3) is 3.93. The summed E-state index contributed by atoms with van der Waals surface area (Å²) < 4.78 is 10.9. The summed E-state index contributed by atoms with van der Waals surface area (Å²) in [6.45, 7) is 0.395. The molecular weight excluding hydrogens is 314 g/mol. The molecule has 0 aliphatic carbocycles. The number of ether oxygens (including phenoxy) is 1. The topological polar surface area (TPSA) is 51.5 Å². The average Bonchev–Trinajstić information content (AvgIpc) is 3.10. The summed E-state index contributed by atoms with van der Waals surface area (Å²) in [7, 11) is 0. The van der Waals surface area contributed by atoms with Gasteiger partial charge in [-0.3, -0.25) is 4.79 Å². The third-order valence-electron chi connectivity index (χ3n) is 3.17. The van der Waals surface area contributed by atoms with Gasteiger partial charge in [-0.15, -0.1) is 0 Å². The molecule has 0 aliphatic heterocycles. The lowest BCUT2D eigenvalue weighted by Gasteiger charge is -2.12. The van der Waals surface area contributed by atoms with Gasteiger partial charge >= 0.3 is 0 Å². The first kappa shape index (κ1) is 15.2. The van der Waals surface area contributed by atoms with Crippen LogP contribution < -0.4 is 10.1 Å². The lowest BCUT2D eigenvalue weighted by Crippen LogP contribution is -2.12. The van der Waals surface area contributed by atoms with Crippen molar-refractivity contribution in [2.45, 2.75) is 6.61 Å². The standard InChI is InChI=1S/C18H14ClNO3/c19-14-8-9-16(23-12-13-5-2-1-3-6-13)15(11-14)20-18(21)17-7-4-10-22-17/h1-11H,12H2,(H,20,21). The average molecular weight is 328 g/mol. The molecule has 1 heterocycles. The van der Waals surface area contributed by atoms with Crippen molar-refractivity contribution in [1.29, 1.82) is 0 Å². The van der Waals surface area contributed by atoms with Crippen LogP contribution >= 0.6 is 11.6 Å². The maximum absolute atomic E-state index is 12.1. The minimum atomic E-state index is -0.359. The predicted octanol–water partition coefficient (Wildman–Crippen LogP) is 4.76. The molecule has 116 valence electrons. The molecule has 0 atom stereocenters. The van der Waals surface area contributed by atoms with Crippen LogP contribution in [0.2, 0.25) is 5.02 Å². The zero-order chi connectivity index (χ0) is 16.1. The smallest absolute Gasteiger partial charge is 0.291 e. The molecule has 1 amide bonds. The highest BCUT2D eigenvalue weighted by atomic mass is 35.5. The van der Waals surface area contributed by atoms with Crippen molar-refractivity contribution in [1.82, 2.24) is 0 Å². The third-order valence-corrected chi connectivity index (χ3v) is 3.41. The largest absolute Gasteiger partial charge is 0.487 e. The number of carbonyl (C=O) groups is 1. The molecule has 1 aromatic heterocycles. The molecule has 1 N–H and O–H groups in total. The Morgan fingerprint density at radius 1 is 1.09 bits per heavy atom. The van der Waals surface area contributed by atoms with E-state index in [0.29, 0.717) is 23.1 Å². The van der Waals surface area contributed by atoms with Crippen LogP contribution in [-0.2, 0) is 6.61 Å². The first-order valence-corrected chi connectivity index (χ1v) is 7.41. The fourth-order valence-corrected chi connectivity index (χ4v) is 2.22. The summed E-state index contributed by atoms with van der Waals surface area (Å²) in [4.78, 5) is 12.1. The minimum Gasteiger partial charge on any atom is -0.487 e. The minimum absolute atomic E-state index is 0.221. The van der Waals surface area contributed by atoms with Crippen molar-refractivity contribution in [3.63, 3.8) is 0 Å². The lowest BCUT2D eigenvalue weighted by atomic mass is 10.2. The van der Waals surface area contributed by atoms with Crippen molar-refractivity contribution in [2.24, 2.45) is 0 Å². The fraction of sp³-hybridized carbons (Fsp3) is 0.0556. The number of anilines is 1. The Kier molecular flexibility index (Phi) is 4.64. The Bertz CT molecular complexity index is 785. The summed E-state index contributed by atoms with van der Waals surface area (Å²) in [6.07, 6.45) is 1.44. The molecule has 0 bridgehead atoms. The highest BCUT2D eigenvalue weighted by molar-refractivity contribution is 6.31. The van der Waals surface area contributed by atoms with E-state index in [-0.39, 0.29) is 11.7 Å². The van der Waals surface area contributed by atoms with E-state index in [0.717, 1.165) is 5.56 Å². The van der Waals surface area contributed by atoms with Gasteiger partial charge in [-0.05, 0) is 35.9 Å². The van der Waals surface area contributed by atoms with Crippen molar-refractivity contribution in [3.8, 4) is 5.75 Å². The van der Waals surface area contributed by atoms with Crippen molar-refractivity contribution >= 4 is 23.2 Å². The first-order chi connectivity index (χ1) is 11.2. The Labute approximate surface area is 138 Å². The van der Waals surface area contributed by atoms with E-state index in [9.17, 15) is 4.79 Å². The zero-order valence-electron chi connectivity index (χ0n) is 12.2. The molecule has 3 rings (SSSR count). The monoisotopic (exact) mass is 327 g/mol. The number of amides is 1. The Hall–Kier alpha value is -2.72. The zero-order valence-corrected chi connectivity index (χ0v) is 12.9. The van der Waals surface area contributed by atoms with E-state index in [1.165, 1.54) is 6.26 Å². The second kappa shape index (κ2) is 7.03. The normalized spacial score (nSPS) is 10.3. The van der Waals surface area contributed by atoms with Crippen LogP contribution in [0.1, 0.15) is 16.1 Å². The van der Waals surface area contributed by atoms with Crippen LogP contribution in [0.25, 0.3) is 0 Å². The van der Waals surface area contributed by atoms with E-state index >= 15 is 0 Å². The van der Waals surface area contributed by atoms with E-state index in [1.807, 2.05) is 30.3 Å². The van der Waals surface area contributed by atoms with Crippen LogP contribution in [0.5, 0.6) is 5.75 Å². The number of hydrogen-bond acceptors (Lipinski definition) is 3. The van der Waals surface area contributed by atoms with E-state index in [1.54, 1.807) is 30.3 Å². The first-order valence-electron chi connectivity index (χ1n) is 7.03. The summed E-state index contributed by atoms with van der Waals surface area (Å²) in [6, 6.07) is 18.1. The Morgan fingerprint density at radius 2 is 1.91 bits per heavy atom. The highest BCUT2D eigenvalue weighted by Gasteiger charge is 2.13. The maximum Gasteiger partial charge on any atom is 0.291 e. The SMILES string of the molecule is O=C(Nc1cc(Cl)ccc1OCc1ccccc1)c1ccco1. The van der Waals surface area contributed by atoms with Crippen LogP contribution in [0, 0.1) is 0 Å². The Balaban J connectivity index is 1.76. The summed E-state index contributed by atoms with van der Waals surface area (Å²) >= 11 is 6.01. The lowest BCUT2D eigenvalue weighted by molar-refractivity contribution is 0.0996. The van der Waals surface area contributed by atoms with Gasteiger partial charge in [-0.25, -0.2) is 0 Å².